The predicted octanol–water partition coefficient (Wildman–Crippen LogP) is 2.64. The molecule has 1 aliphatic heterocycles. The van der Waals surface area contributed by atoms with Gasteiger partial charge in [0.15, 0.2) is 0 Å². The van der Waals surface area contributed by atoms with E-state index in [1.54, 1.807) is 11.9 Å². The monoisotopic (exact) mass is 449 g/mol. The number of rotatable bonds is 13. The summed E-state index contributed by atoms with van der Waals surface area (Å²) in [5, 5.41) is 14.9. The first-order valence-electron chi connectivity index (χ1n) is 12.5. The third-order valence-corrected chi connectivity index (χ3v) is 6.97. The van der Waals surface area contributed by atoms with Crippen LogP contribution in [0.5, 0.6) is 0 Å². The molecule has 0 aromatic carbocycles. The summed E-state index contributed by atoms with van der Waals surface area (Å²) in [5.74, 6) is -1.51. The molecule has 1 saturated heterocycles. The predicted molar refractivity (Wildman–Crippen MR) is 126 cm³/mol. The fourth-order valence-electron chi connectivity index (χ4n) is 5.45. The number of nitrogens with one attached hydrogen (secondary N) is 2. The first-order valence-corrected chi connectivity index (χ1v) is 12.5. The minimum Gasteiger partial charge on any atom is -0.396 e. The lowest BCUT2D eigenvalue weighted by atomic mass is 9.68. The van der Waals surface area contributed by atoms with Crippen LogP contribution in [0, 0.1) is 23.7 Å². The fraction of sp³-hybridized carbons (Fsp3) is 0.800. The van der Waals surface area contributed by atoms with E-state index in [0.717, 1.165) is 51.4 Å². The number of aliphatic hydroxyl groups is 1. The molecule has 1 aliphatic carbocycles. The van der Waals surface area contributed by atoms with Crippen LogP contribution in [0.4, 0.5) is 0 Å². The number of carbonyl (C=O) groups is 3. The number of amides is 3. The minimum absolute atomic E-state index is 0.0115. The SMILES string of the molecule is CCCC(C)NC(=O)[C@@H]1[C@H]2C=C[C@@H](CCC)[C@@H](C(=O)NC)[C@@H]2C(=O)N1CCCCCCO. The van der Waals surface area contributed by atoms with Crippen LogP contribution in [0.15, 0.2) is 12.2 Å². The summed E-state index contributed by atoms with van der Waals surface area (Å²) in [7, 11) is 1.62. The Morgan fingerprint density at radius 1 is 1.09 bits per heavy atom. The average molecular weight is 450 g/mol. The van der Waals surface area contributed by atoms with Crippen LogP contribution in [0.2, 0.25) is 0 Å². The molecule has 2 aliphatic rings. The first kappa shape index (κ1) is 26.4. The summed E-state index contributed by atoms with van der Waals surface area (Å²) in [6, 6.07) is -0.529. The topological polar surface area (TPSA) is 98.7 Å². The molecule has 0 radical (unpaired) electrons. The number of carbonyl (C=O) groups excluding carboxylic acids is 3. The van der Waals surface area contributed by atoms with Crippen LogP contribution in [0.25, 0.3) is 0 Å². The maximum Gasteiger partial charge on any atom is 0.243 e. The molecule has 0 bridgehead atoms. The van der Waals surface area contributed by atoms with Crippen LogP contribution in [0.1, 0.15) is 72.1 Å². The second kappa shape index (κ2) is 13.0. The van der Waals surface area contributed by atoms with Gasteiger partial charge in [0.2, 0.25) is 17.7 Å². The van der Waals surface area contributed by atoms with Crippen LogP contribution < -0.4 is 10.6 Å². The van der Waals surface area contributed by atoms with Crippen molar-refractivity contribution in [2.45, 2.75) is 84.2 Å². The number of hydrogen-bond donors (Lipinski definition) is 3. The fourth-order valence-corrected chi connectivity index (χ4v) is 5.45. The van der Waals surface area contributed by atoms with E-state index < -0.39 is 17.9 Å². The van der Waals surface area contributed by atoms with Crippen LogP contribution in [-0.2, 0) is 14.4 Å². The maximum absolute atomic E-state index is 13.7. The number of unbranched alkanes of at least 4 members (excludes halogenated alkanes) is 3. The molecule has 1 unspecified atom stereocenters. The van der Waals surface area contributed by atoms with Crippen molar-refractivity contribution in [3.63, 3.8) is 0 Å². The zero-order valence-corrected chi connectivity index (χ0v) is 20.3. The molecule has 3 amide bonds. The highest BCUT2D eigenvalue weighted by Gasteiger charge is 2.56. The number of allylic oxidation sites excluding steroid dienone is 1. The Kier molecular flexibility index (Phi) is 10.7. The van der Waals surface area contributed by atoms with E-state index in [9.17, 15) is 14.4 Å². The summed E-state index contributed by atoms with van der Waals surface area (Å²) < 4.78 is 0. The lowest BCUT2D eigenvalue weighted by Crippen LogP contribution is -2.49. The van der Waals surface area contributed by atoms with Gasteiger partial charge in [-0.1, -0.05) is 51.7 Å². The van der Waals surface area contributed by atoms with E-state index in [4.69, 9.17) is 5.11 Å². The van der Waals surface area contributed by atoms with Crippen molar-refractivity contribution in [3.8, 4) is 0 Å². The Bertz CT molecular complexity index is 666. The molecule has 2 rings (SSSR count). The lowest BCUT2D eigenvalue weighted by molar-refractivity contribution is -0.141. The van der Waals surface area contributed by atoms with E-state index in [-0.39, 0.29) is 42.2 Å². The molecule has 1 fully saturated rings. The Hall–Kier alpha value is -1.89. The Morgan fingerprint density at radius 3 is 2.44 bits per heavy atom. The normalized spacial score (nSPS) is 27.8. The van der Waals surface area contributed by atoms with Crippen LogP contribution in [0.3, 0.4) is 0 Å². The van der Waals surface area contributed by atoms with Gasteiger partial charge in [0, 0.05) is 32.2 Å². The maximum atomic E-state index is 13.7. The van der Waals surface area contributed by atoms with Crippen molar-refractivity contribution in [1.82, 2.24) is 15.5 Å². The van der Waals surface area contributed by atoms with Gasteiger partial charge in [0.25, 0.3) is 0 Å². The van der Waals surface area contributed by atoms with Crippen molar-refractivity contribution in [1.29, 1.82) is 0 Å². The van der Waals surface area contributed by atoms with E-state index in [0.29, 0.717) is 6.54 Å². The summed E-state index contributed by atoms with van der Waals surface area (Å²) >= 11 is 0. The quantitative estimate of drug-likeness (QED) is 0.297. The molecule has 182 valence electrons. The molecular weight excluding hydrogens is 406 g/mol. The number of hydrogen-bond acceptors (Lipinski definition) is 4. The smallest absolute Gasteiger partial charge is 0.243 e. The summed E-state index contributed by atoms with van der Waals surface area (Å²) in [6.07, 6.45) is 11.1. The van der Waals surface area contributed by atoms with Crippen molar-refractivity contribution in [3.05, 3.63) is 12.2 Å². The van der Waals surface area contributed by atoms with Gasteiger partial charge in [-0.15, -0.1) is 0 Å². The summed E-state index contributed by atoms with van der Waals surface area (Å²) in [5.41, 5.74) is 0. The van der Waals surface area contributed by atoms with E-state index in [2.05, 4.69) is 30.6 Å². The lowest BCUT2D eigenvalue weighted by Gasteiger charge is -2.34. The molecule has 3 N–H and O–H groups in total. The number of fused-ring (bicyclic) bond motifs is 1. The van der Waals surface area contributed by atoms with Crippen molar-refractivity contribution in [2.24, 2.45) is 23.7 Å². The number of aliphatic hydroxyl groups excluding tert-OH is 1. The van der Waals surface area contributed by atoms with Gasteiger partial charge in [-0.3, -0.25) is 14.4 Å². The molecule has 1 heterocycles. The molecule has 0 aromatic heterocycles. The Balaban J connectivity index is 2.31. The third kappa shape index (κ3) is 6.12. The highest BCUT2D eigenvalue weighted by Crippen LogP contribution is 2.45. The Labute approximate surface area is 193 Å². The molecule has 32 heavy (non-hydrogen) atoms. The van der Waals surface area contributed by atoms with Gasteiger partial charge >= 0.3 is 0 Å². The van der Waals surface area contributed by atoms with E-state index in [1.165, 1.54) is 0 Å². The molecule has 0 spiro atoms. The second-order valence-corrected chi connectivity index (χ2v) is 9.39. The third-order valence-electron chi connectivity index (χ3n) is 6.97. The molecule has 7 nitrogen and oxygen atoms in total. The first-order chi connectivity index (χ1) is 15.4. The summed E-state index contributed by atoms with van der Waals surface area (Å²) in [6.45, 7) is 6.84. The Morgan fingerprint density at radius 2 is 1.81 bits per heavy atom. The minimum atomic E-state index is -0.573. The number of likely N-dealkylation sites (tertiary alicyclic amines) is 1. The highest BCUT2D eigenvalue weighted by atomic mass is 16.3. The highest BCUT2D eigenvalue weighted by molar-refractivity contribution is 5.96. The van der Waals surface area contributed by atoms with E-state index >= 15 is 0 Å². The van der Waals surface area contributed by atoms with Gasteiger partial charge in [-0.05, 0) is 38.5 Å². The zero-order chi connectivity index (χ0) is 23.7. The second-order valence-electron chi connectivity index (χ2n) is 9.39. The summed E-state index contributed by atoms with van der Waals surface area (Å²) in [4.78, 5) is 41.6. The molecular formula is C25H43N3O4. The molecule has 0 saturated carbocycles. The van der Waals surface area contributed by atoms with E-state index in [1.807, 2.05) is 13.0 Å². The molecule has 6 atom stereocenters. The van der Waals surface area contributed by atoms with Gasteiger partial charge in [0.1, 0.15) is 6.04 Å². The average Bonchev–Trinajstić information content (AvgIpc) is 3.05. The van der Waals surface area contributed by atoms with Crippen molar-refractivity contribution < 1.29 is 19.5 Å². The van der Waals surface area contributed by atoms with Gasteiger partial charge in [0.05, 0.1) is 11.8 Å². The van der Waals surface area contributed by atoms with Gasteiger partial charge in [-0.2, -0.15) is 0 Å². The van der Waals surface area contributed by atoms with Gasteiger partial charge in [-0.25, -0.2) is 0 Å². The molecule has 7 heteroatoms. The molecule has 0 aromatic rings. The standard InChI is InChI=1S/C25H43N3O4/c1-5-11-17(3)27-24(31)22-19-14-13-18(12-6-2)20(23(30)26-4)21(19)25(32)28(22)15-9-7-8-10-16-29/h13-14,17-22,29H,5-12,15-16H2,1-4H3,(H,26,30)(H,27,31)/t17?,18-,19+,20-,21-,22+/m1/s1. The zero-order valence-electron chi connectivity index (χ0n) is 20.3. The van der Waals surface area contributed by atoms with Crippen LogP contribution in [-0.4, -0.2) is 60.0 Å². The number of nitrogens with zero attached hydrogens (tertiary/aromatic N) is 1. The largest absolute Gasteiger partial charge is 0.396 e. The van der Waals surface area contributed by atoms with Crippen molar-refractivity contribution >= 4 is 17.7 Å². The van der Waals surface area contributed by atoms with Crippen LogP contribution >= 0.6 is 0 Å². The van der Waals surface area contributed by atoms with Gasteiger partial charge < -0.3 is 20.6 Å². The van der Waals surface area contributed by atoms with Crippen molar-refractivity contribution in [2.75, 3.05) is 20.2 Å².